The molecule has 0 spiro atoms. The van der Waals surface area contributed by atoms with Gasteiger partial charge in [-0.25, -0.2) is 9.78 Å². The largest absolute Gasteiger partial charge is 0.444 e. The number of aromatic nitrogens is 3. The molecule has 11 nitrogen and oxygen atoms in total. The number of carbonyl (C=O) groups excluding carboxylic acids is 3. The molecule has 2 aromatic carbocycles. The topological polar surface area (TPSA) is 113 Å². The van der Waals surface area contributed by atoms with Gasteiger partial charge in [0.05, 0.1) is 6.54 Å². The maximum atomic E-state index is 14.3. The Kier molecular flexibility index (Phi) is 10.9. The normalized spacial score (nSPS) is 22.2. The summed E-state index contributed by atoms with van der Waals surface area (Å²) < 4.78 is 7.66. The Hall–Kier alpha value is -3.96. The molecule has 0 radical (unpaired) electrons. The summed E-state index contributed by atoms with van der Waals surface area (Å²) in [6, 6.07) is 14.0. The summed E-state index contributed by atoms with van der Waals surface area (Å²) in [6.07, 6.45) is 8.19. The van der Waals surface area contributed by atoms with Crippen molar-refractivity contribution in [3.05, 3.63) is 82.9 Å². The van der Waals surface area contributed by atoms with Gasteiger partial charge in [-0.1, -0.05) is 60.8 Å². The summed E-state index contributed by atoms with van der Waals surface area (Å²) in [5.74, 6) is -0.00144. The molecule has 0 unspecified atom stereocenters. The zero-order valence-electron chi connectivity index (χ0n) is 28.8. The van der Waals surface area contributed by atoms with Crippen LogP contribution in [0.5, 0.6) is 0 Å². The van der Waals surface area contributed by atoms with Crippen molar-refractivity contribution in [2.24, 2.45) is 5.92 Å². The first-order valence-electron chi connectivity index (χ1n) is 17.5. The molecule has 1 N–H and O–H groups in total. The van der Waals surface area contributed by atoms with Crippen molar-refractivity contribution in [1.29, 1.82) is 0 Å². The number of nitrogens with zero attached hydrogens (tertiary/aromatic N) is 6. The minimum atomic E-state index is -0.824. The van der Waals surface area contributed by atoms with Gasteiger partial charge in [0, 0.05) is 56.6 Å². The van der Waals surface area contributed by atoms with E-state index in [4.69, 9.17) is 16.3 Å². The third-order valence-corrected chi connectivity index (χ3v) is 10.3. The minimum absolute atomic E-state index is 0.120. The Morgan fingerprint density at radius 1 is 0.980 bits per heavy atom. The molecule has 4 atom stereocenters. The van der Waals surface area contributed by atoms with Crippen LogP contribution in [0.1, 0.15) is 63.1 Å². The Labute approximate surface area is 293 Å². The highest BCUT2D eigenvalue weighted by molar-refractivity contribution is 6.30. The Balaban J connectivity index is 1.17. The summed E-state index contributed by atoms with van der Waals surface area (Å²) in [4.78, 5) is 51.9. The quantitative estimate of drug-likeness (QED) is 0.364. The number of carbonyl (C=O) groups is 3. The van der Waals surface area contributed by atoms with E-state index in [1.807, 2.05) is 66.8 Å². The van der Waals surface area contributed by atoms with Crippen molar-refractivity contribution < 1.29 is 19.1 Å². The van der Waals surface area contributed by atoms with Crippen molar-refractivity contribution >= 4 is 29.5 Å². The van der Waals surface area contributed by atoms with Gasteiger partial charge in [-0.3, -0.25) is 24.1 Å². The minimum Gasteiger partial charge on any atom is -0.444 e. The number of amides is 3. The number of nitrogens with one attached hydrogen (secondary N) is 1. The van der Waals surface area contributed by atoms with Crippen molar-refractivity contribution in [2.75, 3.05) is 26.2 Å². The molecule has 1 saturated carbocycles. The maximum Gasteiger partial charge on any atom is 0.411 e. The number of rotatable bonds is 8. The van der Waals surface area contributed by atoms with Crippen molar-refractivity contribution in [2.45, 2.75) is 96.1 Å². The highest BCUT2D eigenvalue weighted by Gasteiger charge is 2.40. The Morgan fingerprint density at radius 3 is 2.39 bits per heavy atom. The zero-order valence-corrected chi connectivity index (χ0v) is 29.5. The van der Waals surface area contributed by atoms with Crippen molar-refractivity contribution in [3.8, 4) is 0 Å². The third kappa shape index (κ3) is 8.80. The van der Waals surface area contributed by atoms with Gasteiger partial charge in [0.1, 0.15) is 30.3 Å². The van der Waals surface area contributed by atoms with E-state index in [0.717, 1.165) is 49.2 Å². The Morgan fingerprint density at radius 2 is 1.69 bits per heavy atom. The predicted octanol–water partition coefficient (Wildman–Crippen LogP) is 4.72. The highest BCUT2D eigenvalue weighted by atomic mass is 35.5. The van der Waals surface area contributed by atoms with E-state index in [2.05, 4.69) is 20.3 Å². The second kappa shape index (κ2) is 15.3. The van der Waals surface area contributed by atoms with Crippen LogP contribution in [0.2, 0.25) is 5.02 Å². The molecule has 3 aliphatic rings. The van der Waals surface area contributed by atoms with E-state index in [1.165, 1.54) is 17.7 Å². The van der Waals surface area contributed by atoms with Crippen LogP contribution in [0, 0.1) is 5.92 Å². The van der Waals surface area contributed by atoms with E-state index >= 15 is 0 Å². The SMILES string of the molecule is CC(C)(C)OC(=O)N1Cc2ccccc2C[C@@H]1C(=O)N[C@H](Cc1ccc(Cl)cc1)C(=O)N1CCN([C@@H]2CCCC[C@@H]2Cn2cncn2)CC1. The van der Waals surface area contributed by atoms with Crippen molar-refractivity contribution in [3.63, 3.8) is 0 Å². The van der Waals surface area contributed by atoms with Crippen LogP contribution in [-0.2, 0) is 40.3 Å². The number of ether oxygens (including phenoxy) is 1. The maximum absolute atomic E-state index is 14.3. The molecule has 49 heavy (non-hydrogen) atoms. The third-order valence-electron chi connectivity index (χ3n) is 10.00. The molecule has 2 fully saturated rings. The molecule has 3 aromatic rings. The molecular weight excluding hydrogens is 642 g/mol. The lowest BCUT2D eigenvalue weighted by Gasteiger charge is -2.44. The van der Waals surface area contributed by atoms with Gasteiger partial charge in [-0.2, -0.15) is 5.10 Å². The first kappa shape index (κ1) is 34.9. The van der Waals surface area contributed by atoms with E-state index in [1.54, 1.807) is 24.8 Å². The van der Waals surface area contributed by atoms with E-state index < -0.39 is 23.8 Å². The molecule has 1 aliphatic carbocycles. The van der Waals surface area contributed by atoms with Crippen LogP contribution in [0.4, 0.5) is 4.79 Å². The average Bonchev–Trinajstić information content (AvgIpc) is 3.61. The molecule has 262 valence electrons. The Bertz CT molecular complexity index is 1580. The zero-order chi connectivity index (χ0) is 34.5. The average molecular weight is 690 g/mol. The number of fused-ring (bicyclic) bond motifs is 1. The second-order valence-corrected chi connectivity index (χ2v) is 15.0. The van der Waals surface area contributed by atoms with Gasteiger partial charge in [0.2, 0.25) is 11.8 Å². The number of hydrogen-bond acceptors (Lipinski definition) is 7. The molecule has 1 saturated heterocycles. The lowest BCUT2D eigenvalue weighted by molar-refractivity contribution is -0.139. The molecular formula is C37H48ClN7O4. The van der Waals surface area contributed by atoms with Gasteiger partial charge in [0.15, 0.2) is 0 Å². The van der Waals surface area contributed by atoms with Gasteiger partial charge in [-0.05, 0) is 68.4 Å². The van der Waals surface area contributed by atoms with E-state index in [0.29, 0.717) is 42.9 Å². The van der Waals surface area contributed by atoms with Crippen LogP contribution in [0.25, 0.3) is 0 Å². The summed E-state index contributed by atoms with van der Waals surface area (Å²) in [5.41, 5.74) is 2.14. The fourth-order valence-electron chi connectivity index (χ4n) is 7.54. The molecule has 12 heteroatoms. The summed E-state index contributed by atoms with van der Waals surface area (Å²) in [5, 5.41) is 8.04. The monoisotopic (exact) mass is 689 g/mol. The van der Waals surface area contributed by atoms with Gasteiger partial charge < -0.3 is 15.0 Å². The van der Waals surface area contributed by atoms with Gasteiger partial charge in [0.25, 0.3) is 0 Å². The summed E-state index contributed by atoms with van der Waals surface area (Å²) in [6.45, 7) is 9.25. The van der Waals surface area contributed by atoms with Gasteiger partial charge in [-0.15, -0.1) is 0 Å². The van der Waals surface area contributed by atoms with Crippen LogP contribution in [0.15, 0.2) is 61.2 Å². The van der Waals surface area contributed by atoms with E-state index in [9.17, 15) is 14.4 Å². The predicted molar refractivity (Wildman–Crippen MR) is 187 cm³/mol. The fourth-order valence-corrected chi connectivity index (χ4v) is 7.66. The summed E-state index contributed by atoms with van der Waals surface area (Å²) >= 11 is 6.17. The highest BCUT2D eigenvalue weighted by Crippen LogP contribution is 2.31. The van der Waals surface area contributed by atoms with Gasteiger partial charge >= 0.3 is 6.09 Å². The fraction of sp³-hybridized carbons (Fsp3) is 0.541. The summed E-state index contributed by atoms with van der Waals surface area (Å²) in [7, 11) is 0. The van der Waals surface area contributed by atoms with Crippen LogP contribution < -0.4 is 5.32 Å². The smallest absolute Gasteiger partial charge is 0.411 e. The number of halogens is 1. The van der Waals surface area contributed by atoms with E-state index in [-0.39, 0.29) is 18.4 Å². The molecule has 3 amide bonds. The van der Waals surface area contributed by atoms with Crippen molar-refractivity contribution in [1.82, 2.24) is 34.8 Å². The lowest BCUT2D eigenvalue weighted by atomic mass is 9.83. The molecule has 3 heterocycles. The number of benzene rings is 2. The van der Waals surface area contributed by atoms with Crippen LogP contribution in [0.3, 0.4) is 0 Å². The number of hydrogen-bond donors (Lipinski definition) is 1. The standard InChI is InChI=1S/C37H48ClN7O4/c1-37(2,3)49-36(48)45-23-28-9-5-4-8-27(28)21-33(45)34(46)41-31(20-26-12-14-30(38)15-13-26)35(47)43-18-16-42(17-19-43)32-11-7-6-10-29(32)22-44-25-39-24-40-44/h4-5,8-9,12-15,24-25,29,31-33H,6-7,10-11,16-23H2,1-3H3,(H,41,46)/t29-,31-,32-,33-/m1/s1. The van der Waals surface area contributed by atoms with Crippen LogP contribution >= 0.6 is 11.6 Å². The second-order valence-electron chi connectivity index (χ2n) is 14.6. The molecule has 6 rings (SSSR count). The first-order valence-corrected chi connectivity index (χ1v) is 17.9. The number of piperazine rings is 1. The molecule has 2 aliphatic heterocycles. The first-order chi connectivity index (χ1) is 23.5. The lowest BCUT2D eigenvalue weighted by Crippen LogP contribution is -2.60. The molecule has 1 aromatic heterocycles. The van der Waals surface area contributed by atoms with Crippen LogP contribution in [-0.4, -0.2) is 97.3 Å². The molecule has 0 bridgehead atoms.